The van der Waals surface area contributed by atoms with Crippen molar-refractivity contribution in [2.75, 3.05) is 72.5 Å². The molecule has 0 aromatic heterocycles. The number of hydrogen-bond acceptors (Lipinski definition) is 2. The van der Waals surface area contributed by atoms with Crippen LogP contribution in [0.15, 0.2) is 4.99 Å². The van der Waals surface area contributed by atoms with Gasteiger partial charge in [0.25, 0.3) is 0 Å². The van der Waals surface area contributed by atoms with Crippen LogP contribution in [0.3, 0.4) is 0 Å². The Labute approximate surface area is 104 Å². The Morgan fingerprint density at radius 1 is 1.12 bits per heavy atom. The third kappa shape index (κ3) is 3.18. The van der Waals surface area contributed by atoms with Crippen molar-refractivity contribution in [3.63, 3.8) is 0 Å². The maximum atomic E-state index is 5.20. The van der Waals surface area contributed by atoms with Gasteiger partial charge >= 0.3 is 0 Å². The van der Waals surface area contributed by atoms with Gasteiger partial charge in [0, 0.05) is 13.1 Å². The molecule has 3 rings (SSSR count). The fourth-order valence-electron chi connectivity index (χ4n) is 3.03. The molecule has 3 N–H and O–H groups in total. The summed E-state index contributed by atoms with van der Waals surface area (Å²) in [5.74, 6) is 0. The molecule has 17 heavy (non-hydrogen) atoms. The molecule has 0 unspecified atom stereocenters. The summed E-state index contributed by atoms with van der Waals surface area (Å²) < 4.78 is 2.67. The summed E-state index contributed by atoms with van der Waals surface area (Å²) in [6.45, 7) is 12.4. The molecular formula is C12H27N5+2. The van der Waals surface area contributed by atoms with Gasteiger partial charge in [-0.3, -0.25) is 4.99 Å². The van der Waals surface area contributed by atoms with Crippen molar-refractivity contribution < 1.29 is 8.97 Å². The van der Waals surface area contributed by atoms with Gasteiger partial charge in [-0.25, -0.2) is 0 Å². The number of nitrogens with zero attached hydrogens (tertiary/aromatic N) is 3. The van der Waals surface area contributed by atoms with E-state index >= 15 is 0 Å². The maximum absolute atomic E-state index is 5.20. The van der Waals surface area contributed by atoms with Gasteiger partial charge in [0.1, 0.15) is 39.3 Å². The number of quaternary nitrogens is 2. The predicted octanol–water partition coefficient (Wildman–Crippen LogP) is -1.15. The molecule has 3 saturated heterocycles. The lowest BCUT2D eigenvalue weighted by atomic mass is 10.1. The lowest BCUT2D eigenvalue weighted by Crippen LogP contribution is -2.74. The molecule has 3 aliphatic rings. The highest BCUT2D eigenvalue weighted by Gasteiger charge is 2.46. The van der Waals surface area contributed by atoms with Crippen LogP contribution in [0.2, 0.25) is 0 Å². The van der Waals surface area contributed by atoms with Crippen LogP contribution in [-0.4, -0.2) is 87.8 Å². The van der Waals surface area contributed by atoms with Gasteiger partial charge in [0.15, 0.2) is 0 Å². The molecular weight excluding hydrogens is 214 g/mol. The Balaban J connectivity index is 1.66. The van der Waals surface area contributed by atoms with Crippen LogP contribution >= 0.6 is 0 Å². The van der Waals surface area contributed by atoms with E-state index in [2.05, 4.69) is 17.4 Å². The molecule has 3 aliphatic heterocycles. The molecule has 98 valence electrons. The minimum absolute atomic E-state index is 0.797. The van der Waals surface area contributed by atoms with Crippen molar-refractivity contribution in [3.05, 3.63) is 0 Å². The molecule has 0 aliphatic carbocycles. The molecule has 0 aromatic carbocycles. The average Bonchev–Trinajstić information content (AvgIpc) is 2.36. The molecule has 0 spiro atoms. The number of nitrogens with two attached hydrogens (primary N) is 1. The van der Waals surface area contributed by atoms with Gasteiger partial charge in [-0.1, -0.05) is 0 Å². The number of rotatable bonds is 6. The van der Waals surface area contributed by atoms with Crippen molar-refractivity contribution in [2.24, 2.45) is 10.7 Å². The van der Waals surface area contributed by atoms with Gasteiger partial charge in [-0.2, -0.15) is 0 Å². The topological polar surface area (TPSA) is 50.4 Å². The summed E-state index contributed by atoms with van der Waals surface area (Å²) in [6.07, 6.45) is 1.39. The number of aliphatic imine (C=N–C) groups is 1. The molecule has 3 heterocycles. The van der Waals surface area contributed by atoms with E-state index in [0.29, 0.717) is 0 Å². The summed E-state index contributed by atoms with van der Waals surface area (Å²) >= 11 is 0. The van der Waals surface area contributed by atoms with E-state index in [1.54, 1.807) is 0 Å². The molecule has 0 radical (unpaired) electrons. The lowest BCUT2D eigenvalue weighted by molar-refractivity contribution is -1.07. The molecule has 0 aromatic rings. The number of nitrogens with one attached hydrogen (secondary N) is 1. The van der Waals surface area contributed by atoms with Crippen LogP contribution in [0.5, 0.6) is 0 Å². The molecule has 2 bridgehead atoms. The van der Waals surface area contributed by atoms with Crippen LogP contribution in [-0.2, 0) is 0 Å². The first-order valence-electron chi connectivity index (χ1n) is 6.78. The first kappa shape index (κ1) is 12.8. The highest BCUT2D eigenvalue weighted by atomic mass is 15.5. The van der Waals surface area contributed by atoms with Gasteiger partial charge in [0.2, 0.25) is 0 Å². The highest BCUT2D eigenvalue weighted by Crippen LogP contribution is 2.23. The molecule has 0 amide bonds. The second-order valence-corrected chi connectivity index (χ2v) is 5.83. The zero-order valence-electron chi connectivity index (χ0n) is 11.1. The van der Waals surface area contributed by atoms with Crippen molar-refractivity contribution in [3.8, 4) is 0 Å². The van der Waals surface area contributed by atoms with Gasteiger partial charge < -0.3 is 20.0 Å². The second-order valence-electron chi connectivity index (χ2n) is 5.83. The minimum Gasteiger partial charge on any atom is -0.390 e. The third-order valence-electron chi connectivity index (χ3n) is 4.63. The Morgan fingerprint density at radius 2 is 1.76 bits per heavy atom. The molecule has 0 atom stereocenters. The van der Waals surface area contributed by atoms with Crippen molar-refractivity contribution in [2.45, 2.75) is 0 Å². The number of fused-ring (bicyclic) bond motifs is 3. The van der Waals surface area contributed by atoms with E-state index < -0.39 is 0 Å². The molecule has 3 fully saturated rings. The lowest BCUT2D eigenvalue weighted by Gasteiger charge is -2.54. The van der Waals surface area contributed by atoms with Crippen LogP contribution in [0.1, 0.15) is 0 Å². The third-order valence-corrected chi connectivity index (χ3v) is 4.63. The number of piperazine rings is 3. The van der Waals surface area contributed by atoms with Gasteiger partial charge in [0.05, 0.1) is 26.5 Å². The fraction of sp³-hybridized carbons (Fsp3) is 0.917. The predicted molar refractivity (Wildman–Crippen MR) is 70.9 cm³/mol. The van der Waals surface area contributed by atoms with Crippen molar-refractivity contribution in [1.82, 2.24) is 5.32 Å². The fourth-order valence-corrected chi connectivity index (χ4v) is 3.03. The second kappa shape index (κ2) is 5.33. The summed E-state index contributed by atoms with van der Waals surface area (Å²) in [6, 6.07) is 0. The van der Waals surface area contributed by atoms with Crippen LogP contribution in [0.25, 0.3) is 0 Å². The zero-order chi connectivity index (χ0) is 12.2. The van der Waals surface area contributed by atoms with E-state index in [9.17, 15) is 0 Å². The average molecular weight is 241 g/mol. The Morgan fingerprint density at radius 3 is 2.35 bits per heavy atom. The van der Waals surface area contributed by atoms with Crippen LogP contribution in [0, 0.1) is 0 Å². The molecule has 0 saturated carbocycles. The SMILES string of the molecule is C[N+]12CC[N+](CCNCCN=CN)(CC1)CC2. The quantitative estimate of drug-likeness (QED) is 0.267. The highest BCUT2D eigenvalue weighted by molar-refractivity contribution is 5.50. The van der Waals surface area contributed by atoms with Crippen LogP contribution < -0.4 is 11.1 Å². The standard InChI is InChI=1S/C12H27N5/c1-16-6-9-17(10-7-16,11-8-16)5-4-14-2-3-15-12-13/h12,14H,2-11H2,1H3,(H2,13,15)/q+2. The molecule has 5 nitrogen and oxygen atoms in total. The van der Waals surface area contributed by atoms with Gasteiger partial charge in [-0.05, 0) is 0 Å². The zero-order valence-corrected chi connectivity index (χ0v) is 11.1. The number of likely N-dealkylation sites (N-methyl/N-ethyl adjacent to an activating group) is 1. The van der Waals surface area contributed by atoms with E-state index in [4.69, 9.17) is 5.73 Å². The smallest absolute Gasteiger partial charge is 0.129 e. The Kier molecular flexibility index (Phi) is 4.01. The van der Waals surface area contributed by atoms with Gasteiger partial charge in [-0.15, -0.1) is 0 Å². The Bertz CT molecular complexity index is 252. The summed E-state index contributed by atoms with van der Waals surface area (Å²) in [7, 11) is 2.41. The summed E-state index contributed by atoms with van der Waals surface area (Å²) in [5.41, 5.74) is 5.20. The first-order valence-corrected chi connectivity index (χ1v) is 6.78. The largest absolute Gasteiger partial charge is 0.390 e. The normalized spacial score (nSPS) is 36.8. The van der Waals surface area contributed by atoms with E-state index in [-0.39, 0.29) is 0 Å². The monoisotopic (exact) mass is 241 g/mol. The van der Waals surface area contributed by atoms with Crippen LogP contribution in [0.4, 0.5) is 0 Å². The molecule has 5 heteroatoms. The number of hydrogen-bond donors (Lipinski definition) is 2. The van der Waals surface area contributed by atoms with E-state index in [0.717, 1.165) is 19.6 Å². The minimum atomic E-state index is 0.797. The summed E-state index contributed by atoms with van der Waals surface area (Å²) in [5, 5.41) is 3.46. The maximum Gasteiger partial charge on any atom is 0.129 e. The van der Waals surface area contributed by atoms with E-state index in [1.165, 1.54) is 61.1 Å². The van der Waals surface area contributed by atoms with E-state index in [1.807, 2.05) is 0 Å². The summed E-state index contributed by atoms with van der Waals surface area (Å²) in [4.78, 5) is 3.99. The first-order chi connectivity index (χ1) is 8.18. The van der Waals surface area contributed by atoms with Crippen molar-refractivity contribution >= 4 is 6.34 Å². The van der Waals surface area contributed by atoms with Crippen molar-refractivity contribution in [1.29, 1.82) is 0 Å². The Hall–Kier alpha value is -0.650.